The van der Waals surface area contributed by atoms with E-state index in [1.807, 2.05) is 0 Å². The summed E-state index contributed by atoms with van der Waals surface area (Å²) >= 11 is 5.69. The predicted octanol–water partition coefficient (Wildman–Crippen LogP) is 3.06. The molecule has 22 heavy (non-hydrogen) atoms. The maximum Gasteiger partial charge on any atom is 0.338 e. The van der Waals surface area contributed by atoms with Crippen LogP contribution in [0.4, 0.5) is 10.2 Å². The molecule has 1 heterocycles. The lowest BCUT2D eigenvalue weighted by atomic mass is 10.2. The number of benzene rings is 1. The average Bonchev–Trinajstić information content (AvgIpc) is 2.50. The summed E-state index contributed by atoms with van der Waals surface area (Å²) < 4.78 is 17.8. The Hall–Kier alpha value is -2.47. The van der Waals surface area contributed by atoms with Gasteiger partial charge in [0.2, 0.25) is 0 Å². The zero-order valence-corrected chi connectivity index (χ0v) is 12.3. The van der Waals surface area contributed by atoms with Crippen molar-refractivity contribution >= 4 is 29.3 Å². The first-order valence-electron chi connectivity index (χ1n) is 6.34. The summed E-state index contributed by atoms with van der Waals surface area (Å²) in [4.78, 5) is 27.6. The van der Waals surface area contributed by atoms with Crippen LogP contribution in [-0.4, -0.2) is 23.0 Å². The highest BCUT2D eigenvalue weighted by Gasteiger charge is 2.19. The fourth-order valence-corrected chi connectivity index (χ4v) is 1.66. The average molecular weight is 323 g/mol. The number of amides is 1. The molecule has 0 fully saturated rings. The van der Waals surface area contributed by atoms with Gasteiger partial charge >= 0.3 is 5.97 Å². The third-order valence-corrected chi connectivity index (χ3v) is 2.94. The van der Waals surface area contributed by atoms with Crippen molar-refractivity contribution in [1.29, 1.82) is 0 Å². The highest BCUT2D eigenvalue weighted by atomic mass is 35.5. The molecule has 0 aliphatic rings. The van der Waals surface area contributed by atoms with Gasteiger partial charge in [0.1, 0.15) is 11.6 Å². The van der Waals surface area contributed by atoms with E-state index in [1.54, 1.807) is 6.07 Å². The largest absolute Gasteiger partial charge is 0.449 e. The highest BCUT2D eigenvalue weighted by molar-refractivity contribution is 6.30. The van der Waals surface area contributed by atoms with E-state index in [1.165, 1.54) is 31.3 Å². The molecule has 0 radical (unpaired) electrons. The highest BCUT2D eigenvalue weighted by Crippen LogP contribution is 2.11. The van der Waals surface area contributed by atoms with Gasteiger partial charge < -0.3 is 10.1 Å². The topological polar surface area (TPSA) is 68.3 Å². The van der Waals surface area contributed by atoms with Gasteiger partial charge in [-0.25, -0.2) is 14.2 Å². The van der Waals surface area contributed by atoms with Gasteiger partial charge in [-0.15, -0.1) is 0 Å². The van der Waals surface area contributed by atoms with Crippen molar-refractivity contribution in [3.05, 3.63) is 59.0 Å². The third-order valence-electron chi connectivity index (χ3n) is 2.71. The van der Waals surface area contributed by atoms with Crippen LogP contribution in [0.5, 0.6) is 0 Å². The van der Waals surface area contributed by atoms with Crippen LogP contribution in [0.25, 0.3) is 0 Å². The van der Waals surface area contributed by atoms with E-state index in [0.29, 0.717) is 10.8 Å². The molecule has 0 saturated heterocycles. The van der Waals surface area contributed by atoms with Crippen molar-refractivity contribution in [1.82, 2.24) is 4.98 Å². The molecule has 5 nitrogen and oxygen atoms in total. The molecule has 1 N–H and O–H groups in total. The van der Waals surface area contributed by atoms with E-state index in [0.717, 1.165) is 12.1 Å². The van der Waals surface area contributed by atoms with E-state index in [4.69, 9.17) is 16.3 Å². The molecule has 0 aliphatic heterocycles. The SMILES string of the molecule is CC(OC(=O)c1ccc(F)cc1)C(=O)Nc1ccc(Cl)cn1. The van der Waals surface area contributed by atoms with Crippen LogP contribution >= 0.6 is 11.6 Å². The summed E-state index contributed by atoms with van der Waals surface area (Å²) in [6, 6.07) is 7.93. The lowest BCUT2D eigenvalue weighted by Crippen LogP contribution is -2.30. The van der Waals surface area contributed by atoms with Crippen LogP contribution in [-0.2, 0) is 9.53 Å². The number of pyridine rings is 1. The standard InChI is InChI=1S/C15H12ClFN2O3/c1-9(14(20)19-13-7-4-11(16)8-18-13)22-15(21)10-2-5-12(17)6-3-10/h2-9H,1H3,(H,18,19,20). The summed E-state index contributed by atoms with van der Waals surface area (Å²) in [6.07, 6.45) is 0.349. The van der Waals surface area contributed by atoms with Crippen LogP contribution < -0.4 is 5.32 Å². The quantitative estimate of drug-likeness (QED) is 0.878. The van der Waals surface area contributed by atoms with Crippen molar-refractivity contribution in [3.63, 3.8) is 0 Å². The van der Waals surface area contributed by atoms with Crippen molar-refractivity contribution in [2.24, 2.45) is 0 Å². The number of carbonyl (C=O) groups is 2. The smallest absolute Gasteiger partial charge is 0.338 e. The Bertz CT molecular complexity index is 674. The Morgan fingerprint density at radius 2 is 1.91 bits per heavy atom. The number of halogens is 2. The summed E-state index contributed by atoms with van der Waals surface area (Å²) in [5.41, 5.74) is 0.158. The molecule has 0 bridgehead atoms. The van der Waals surface area contributed by atoms with Crippen LogP contribution in [0.15, 0.2) is 42.6 Å². The molecule has 0 spiro atoms. The van der Waals surface area contributed by atoms with Gasteiger partial charge in [0.05, 0.1) is 10.6 Å². The minimum atomic E-state index is -1.03. The third kappa shape index (κ3) is 4.26. The number of anilines is 1. The molecule has 1 unspecified atom stereocenters. The van der Waals surface area contributed by atoms with Gasteiger partial charge in [0.25, 0.3) is 5.91 Å². The molecule has 1 aromatic heterocycles. The molecule has 7 heteroatoms. The number of carbonyl (C=O) groups excluding carboxylic acids is 2. The Morgan fingerprint density at radius 3 is 2.50 bits per heavy atom. The van der Waals surface area contributed by atoms with Crippen molar-refractivity contribution in [2.45, 2.75) is 13.0 Å². The Balaban J connectivity index is 1.94. The molecule has 2 rings (SSSR count). The monoisotopic (exact) mass is 322 g/mol. The minimum absolute atomic E-state index is 0.158. The zero-order valence-electron chi connectivity index (χ0n) is 11.5. The van der Waals surface area contributed by atoms with Crippen LogP contribution in [0.3, 0.4) is 0 Å². The van der Waals surface area contributed by atoms with E-state index < -0.39 is 23.8 Å². The zero-order chi connectivity index (χ0) is 16.1. The molecule has 1 amide bonds. The maximum atomic E-state index is 12.8. The number of rotatable bonds is 4. The molecular formula is C15H12ClFN2O3. The normalized spacial score (nSPS) is 11.6. The first-order valence-corrected chi connectivity index (χ1v) is 6.72. The predicted molar refractivity (Wildman–Crippen MR) is 79.2 cm³/mol. The number of hydrogen-bond donors (Lipinski definition) is 1. The second-order valence-corrected chi connectivity index (χ2v) is 4.84. The first-order chi connectivity index (χ1) is 10.5. The van der Waals surface area contributed by atoms with Crippen molar-refractivity contribution in [2.75, 3.05) is 5.32 Å². The van der Waals surface area contributed by atoms with Gasteiger partial charge in [-0.1, -0.05) is 11.6 Å². The van der Waals surface area contributed by atoms with E-state index in [2.05, 4.69) is 10.3 Å². The summed E-state index contributed by atoms with van der Waals surface area (Å²) in [5.74, 6) is -1.42. The second kappa shape index (κ2) is 7.00. The number of ether oxygens (including phenoxy) is 1. The van der Waals surface area contributed by atoms with Crippen molar-refractivity contribution in [3.8, 4) is 0 Å². The van der Waals surface area contributed by atoms with Crippen LogP contribution in [0.2, 0.25) is 5.02 Å². The van der Waals surface area contributed by atoms with Gasteiger partial charge in [0.15, 0.2) is 6.10 Å². The van der Waals surface area contributed by atoms with Gasteiger partial charge in [-0.3, -0.25) is 4.79 Å². The number of aromatic nitrogens is 1. The molecule has 0 saturated carbocycles. The fraction of sp³-hybridized carbons (Fsp3) is 0.133. The number of nitrogens with zero attached hydrogens (tertiary/aromatic N) is 1. The van der Waals surface area contributed by atoms with E-state index in [9.17, 15) is 14.0 Å². The fourth-order valence-electron chi connectivity index (χ4n) is 1.55. The molecule has 114 valence electrons. The van der Waals surface area contributed by atoms with Crippen LogP contribution in [0, 0.1) is 5.82 Å². The maximum absolute atomic E-state index is 12.8. The van der Waals surface area contributed by atoms with Crippen molar-refractivity contribution < 1.29 is 18.7 Å². The lowest BCUT2D eigenvalue weighted by molar-refractivity contribution is -0.123. The van der Waals surface area contributed by atoms with Crippen LogP contribution in [0.1, 0.15) is 17.3 Å². The summed E-state index contributed by atoms with van der Waals surface area (Å²) in [5, 5.41) is 2.93. The second-order valence-electron chi connectivity index (χ2n) is 4.41. The number of nitrogens with one attached hydrogen (secondary N) is 1. The number of esters is 1. The molecule has 1 aromatic carbocycles. The van der Waals surface area contributed by atoms with E-state index in [-0.39, 0.29) is 5.56 Å². The Kier molecular flexibility index (Phi) is 5.06. The molecule has 1 atom stereocenters. The number of hydrogen-bond acceptors (Lipinski definition) is 4. The summed E-state index contributed by atoms with van der Waals surface area (Å²) in [7, 11) is 0. The molecular weight excluding hydrogens is 311 g/mol. The first kappa shape index (κ1) is 15.9. The van der Waals surface area contributed by atoms with Gasteiger partial charge in [0, 0.05) is 6.20 Å². The Morgan fingerprint density at radius 1 is 1.23 bits per heavy atom. The minimum Gasteiger partial charge on any atom is -0.449 e. The molecule has 2 aromatic rings. The molecule has 0 aliphatic carbocycles. The summed E-state index contributed by atoms with van der Waals surface area (Å²) in [6.45, 7) is 1.42. The Labute approximate surface area is 131 Å². The lowest BCUT2D eigenvalue weighted by Gasteiger charge is -2.13. The van der Waals surface area contributed by atoms with Gasteiger partial charge in [-0.05, 0) is 43.3 Å². The van der Waals surface area contributed by atoms with E-state index >= 15 is 0 Å². The van der Waals surface area contributed by atoms with Gasteiger partial charge in [-0.2, -0.15) is 0 Å².